The zero-order chi connectivity index (χ0) is 11.8. The van der Waals surface area contributed by atoms with Crippen molar-refractivity contribution in [3.63, 3.8) is 0 Å². The Morgan fingerprint density at radius 3 is 2.82 bits per heavy atom. The molecule has 1 N–H and O–H groups in total. The lowest BCUT2D eigenvalue weighted by Crippen LogP contribution is -2.44. The summed E-state index contributed by atoms with van der Waals surface area (Å²) in [6.07, 6.45) is 0. The Bertz CT molecular complexity index is 543. The van der Waals surface area contributed by atoms with Crippen LogP contribution in [0, 0.1) is 5.82 Å². The van der Waals surface area contributed by atoms with Gasteiger partial charge in [0.25, 0.3) is 0 Å². The zero-order valence-corrected chi connectivity index (χ0v) is 9.78. The molecular formula is C12H15FN4. The predicted molar refractivity (Wildman–Crippen MR) is 65.8 cm³/mol. The van der Waals surface area contributed by atoms with Crippen LogP contribution in [0.1, 0.15) is 0 Å². The quantitative estimate of drug-likeness (QED) is 0.802. The maximum atomic E-state index is 13.2. The summed E-state index contributed by atoms with van der Waals surface area (Å²) in [5, 5.41) is 3.31. The van der Waals surface area contributed by atoms with Crippen LogP contribution in [0.4, 0.5) is 10.3 Å². The molecule has 1 aliphatic heterocycles. The van der Waals surface area contributed by atoms with Crippen molar-refractivity contribution in [3.05, 3.63) is 24.0 Å². The molecule has 0 bridgehead atoms. The summed E-state index contributed by atoms with van der Waals surface area (Å²) in [6.45, 7) is 3.83. The summed E-state index contributed by atoms with van der Waals surface area (Å²) in [4.78, 5) is 6.80. The molecule has 5 heteroatoms. The van der Waals surface area contributed by atoms with Crippen molar-refractivity contribution in [1.29, 1.82) is 0 Å². The molecule has 2 aromatic rings. The van der Waals surface area contributed by atoms with Gasteiger partial charge in [-0.3, -0.25) is 0 Å². The van der Waals surface area contributed by atoms with E-state index in [1.165, 1.54) is 12.1 Å². The smallest absolute Gasteiger partial charge is 0.206 e. The van der Waals surface area contributed by atoms with Crippen LogP contribution < -0.4 is 10.2 Å². The topological polar surface area (TPSA) is 33.1 Å². The Kier molecular flexibility index (Phi) is 2.48. The lowest BCUT2D eigenvalue weighted by molar-refractivity contribution is 0.575. The van der Waals surface area contributed by atoms with Gasteiger partial charge in [-0.1, -0.05) is 0 Å². The molecule has 0 atom stereocenters. The van der Waals surface area contributed by atoms with Crippen LogP contribution in [0.3, 0.4) is 0 Å². The number of fused-ring (bicyclic) bond motifs is 1. The highest BCUT2D eigenvalue weighted by Crippen LogP contribution is 2.22. The molecule has 1 aliphatic rings. The van der Waals surface area contributed by atoms with E-state index in [0.717, 1.165) is 43.2 Å². The van der Waals surface area contributed by atoms with E-state index in [-0.39, 0.29) is 5.82 Å². The number of rotatable bonds is 1. The molecule has 0 radical (unpaired) electrons. The van der Waals surface area contributed by atoms with Crippen LogP contribution in [0.25, 0.3) is 11.0 Å². The maximum Gasteiger partial charge on any atom is 0.206 e. The molecular weight excluding hydrogens is 219 g/mol. The molecule has 0 aliphatic carbocycles. The van der Waals surface area contributed by atoms with E-state index in [1.54, 1.807) is 6.07 Å². The van der Waals surface area contributed by atoms with Crippen LogP contribution in [0.2, 0.25) is 0 Å². The van der Waals surface area contributed by atoms with Gasteiger partial charge in [-0.25, -0.2) is 9.37 Å². The summed E-state index contributed by atoms with van der Waals surface area (Å²) < 4.78 is 15.2. The van der Waals surface area contributed by atoms with Crippen LogP contribution in [-0.4, -0.2) is 35.7 Å². The molecule has 90 valence electrons. The van der Waals surface area contributed by atoms with E-state index in [9.17, 15) is 4.39 Å². The fraction of sp³-hybridized carbons (Fsp3) is 0.417. The second-order valence-electron chi connectivity index (χ2n) is 4.34. The third kappa shape index (κ3) is 1.76. The van der Waals surface area contributed by atoms with E-state index in [2.05, 4.69) is 15.2 Å². The van der Waals surface area contributed by atoms with Crippen LogP contribution in [0.15, 0.2) is 18.2 Å². The van der Waals surface area contributed by atoms with Crippen LogP contribution in [0.5, 0.6) is 0 Å². The largest absolute Gasteiger partial charge is 0.340 e. The van der Waals surface area contributed by atoms with Crippen molar-refractivity contribution >= 4 is 17.0 Å². The molecule has 1 aromatic heterocycles. The van der Waals surface area contributed by atoms with E-state index in [0.29, 0.717) is 0 Å². The fourth-order valence-electron chi connectivity index (χ4n) is 2.30. The van der Waals surface area contributed by atoms with Crippen molar-refractivity contribution in [2.45, 2.75) is 0 Å². The number of nitrogens with one attached hydrogen (secondary N) is 1. The normalized spacial score (nSPS) is 16.7. The predicted octanol–water partition coefficient (Wildman–Crippen LogP) is 1.12. The number of piperazine rings is 1. The lowest BCUT2D eigenvalue weighted by atomic mass is 10.3. The number of hydrogen-bond donors (Lipinski definition) is 1. The van der Waals surface area contributed by atoms with Gasteiger partial charge in [-0.2, -0.15) is 0 Å². The SMILES string of the molecule is Cn1c(N2CCNCC2)nc2ccc(F)cc21. The molecule has 0 saturated carbocycles. The van der Waals surface area contributed by atoms with Crippen molar-refractivity contribution in [3.8, 4) is 0 Å². The number of aromatic nitrogens is 2. The average Bonchev–Trinajstić information content (AvgIpc) is 2.68. The highest BCUT2D eigenvalue weighted by atomic mass is 19.1. The summed E-state index contributed by atoms with van der Waals surface area (Å²) in [6, 6.07) is 4.72. The van der Waals surface area contributed by atoms with Gasteiger partial charge in [-0.15, -0.1) is 0 Å². The molecule has 0 spiro atoms. The molecule has 17 heavy (non-hydrogen) atoms. The first-order chi connectivity index (χ1) is 8.25. The number of hydrogen-bond acceptors (Lipinski definition) is 3. The maximum absolute atomic E-state index is 13.2. The minimum atomic E-state index is -0.215. The van der Waals surface area contributed by atoms with Crippen molar-refractivity contribution in [2.75, 3.05) is 31.1 Å². The van der Waals surface area contributed by atoms with E-state index in [4.69, 9.17) is 0 Å². The van der Waals surface area contributed by atoms with Gasteiger partial charge in [0, 0.05) is 33.2 Å². The molecule has 1 aromatic carbocycles. The highest BCUT2D eigenvalue weighted by molar-refractivity contribution is 5.78. The number of halogens is 1. The van der Waals surface area contributed by atoms with Gasteiger partial charge >= 0.3 is 0 Å². The lowest BCUT2D eigenvalue weighted by Gasteiger charge is -2.28. The summed E-state index contributed by atoms with van der Waals surface area (Å²) in [5.74, 6) is 0.708. The second-order valence-corrected chi connectivity index (χ2v) is 4.34. The average molecular weight is 234 g/mol. The molecule has 0 unspecified atom stereocenters. The van der Waals surface area contributed by atoms with Gasteiger partial charge in [0.1, 0.15) is 5.82 Å². The minimum absolute atomic E-state index is 0.215. The fourth-order valence-corrected chi connectivity index (χ4v) is 2.30. The first-order valence-electron chi connectivity index (χ1n) is 5.83. The standard InChI is InChI=1S/C12H15FN4/c1-16-11-8-9(13)2-3-10(11)15-12(16)17-6-4-14-5-7-17/h2-3,8,14H,4-7H2,1H3. The second kappa shape index (κ2) is 4.00. The van der Waals surface area contributed by atoms with Crippen molar-refractivity contribution < 1.29 is 4.39 Å². The van der Waals surface area contributed by atoms with Crippen molar-refractivity contribution in [1.82, 2.24) is 14.9 Å². The summed E-state index contributed by atoms with van der Waals surface area (Å²) in [5.41, 5.74) is 1.70. The Labute approximate surface area is 99.0 Å². The molecule has 4 nitrogen and oxygen atoms in total. The Morgan fingerprint density at radius 1 is 1.29 bits per heavy atom. The van der Waals surface area contributed by atoms with E-state index >= 15 is 0 Å². The third-order valence-corrected chi connectivity index (χ3v) is 3.22. The molecule has 1 saturated heterocycles. The van der Waals surface area contributed by atoms with Gasteiger partial charge in [-0.05, 0) is 18.2 Å². The van der Waals surface area contributed by atoms with Gasteiger partial charge in [0.15, 0.2) is 0 Å². The first-order valence-corrected chi connectivity index (χ1v) is 5.83. The number of aryl methyl sites for hydroxylation is 1. The first kappa shape index (κ1) is 10.5. The number of anilines is 1. The Hall–Kier alpha value is -1.62. The Morgan fingerprint density at radius 2 is 2.06 bits per heavy atom. The molecule has 1 fully saturated rings. The summed E-state index contributed by atoms with van der Waals surface area (Å²) >= 11 is 0. The number of imidazole rings is 1. The van der Waals surface area contributed by atoms with Crippen LogP contribution >= 0.6 is 0 Å². The Balaban J connectivity index is 2.07. The number of nitrogens with zero attached hydrogens (tertiary/aromatic N) is 3. The van der Waals surface area contributed by atoms with E-state index < -0.39 is 0 Å². The number of benzene rings is 1. The zero-order valence-electron chi connectivity index (χ0n) is 9.78. The van der Waals surface area contributed by atoms with Gasteiger partial charge in [0.05, 0.1) is 11.0 Å². The van der Waals surface area contributed by atoms with Gasteiger partial charge < -0.3 is 14.8 Å². The van der Waals surface area contributed by atoms with Crippen LogP contribution in [-0.2, 0) is 7.05 Å². The molecule has 3 rings (SSSR count). The monoisotopic (exact) mass is 234 g/mol. The molecule has 0 amide bonds. The minimum Gasteiger partial charge on any atom is -0.340 e. The highest BCUT2D eigenvalue weighted by Gasteiger charge is 2.17. The molecule has 2 heterocycles. The van der Waals surface area contributed by atoms with Gasteiger partial charge in [0.2, 0.25) is 5.95 Å². The summed E-state index contributed by atoms with van der Waals surface area (Å²) in [7, 11) is 1.94. The van der Waals surface area contributed by atoms with E-state index in [1.807, 2.05) is 11.6 Å². The third-order valence-electron chi connectivity index (χ3n) is 3.22. The van der Waals surface area contributed by atoms with Crippen molar-refractivity contribution in [2.24, 2.45) is 7.05 Å².